The molecular weight excluding hydrogens is 242 g/mol. The molecule has 0 aliphatic heterocycles. The molecule has 1 aliphatic carbocycles. The van der Waals surface area contributed by atoms with Gasteiger partial charge in [-0.1, -0.05) is 25.1 Å². The summed E-state index contributed by atoms with van der Waals surface area (Å²) < 4.78 is 0. The highest BCUT2D eigenvalue weighted by molar-refractivity contribution is 7.80. The van der Waals surface area contributed by atoms with Gasteiger partial charge in [0.15, 0.2) is 0 Å². The molecule has 2 N–H and O–H groups in total. The molecular formula is C14H21N3S. The van der Waals surface area contributed by atoms with Crippen LogP contribution >= 0.6 is 12.2 Å². The van der Waals surface area contributed by atoms with E-state index in [1.165, 1.54) is 31.2 Å². The highest BCUT2D eigenvalue weighted by Crippen LogP contribution is 2.23. The summed E-state index contributed by atoms with van der Waals surface area (Å²) in [5, 5.41) is 0. The van der Waals surface area contributed by atoms with Crippen LogP contribution in [0.1, 0.15) is 31.2 Å². The third kappa shape index (κ3) is 4.03. The van der Waals surface area contributed by atoms with Crippen molar-refractivity contribution in [2.24, 2.45) is 5.73 Å². The molecule has 0 aromatic carbocycles. The zero-order valence-electron chi connectivity index (χ0n) is 10.7. The van der Waals surface area contributed by atoms with Crippen molar-refractivity contribution in [2.45, 2.75) is 38.1 Å². The van der Waals surface area contributed by atoms with Crippen molar-refractivity contribution < 1.29 is 0 Å². The number of hydrogen-bond donors (Lipinski definition) is 1. The fourth-order valence-electron chi connectivity index (χ4n) is 2.68. The van der Waals surface area contributed by atoms with Crippen LogP contribution in [-0.2, 0) is 6.42 Å². The Kier molecular flexibility index (Phi) is 5.08. The summed E-state index contributed by atoms with van der Waals surface area (Å²) in [6.07, 6.45) is 10.0. The molecule has 1 fully saturated rings. The Bertz CT molecular complexity index is 374. The summed E-state index contributed by atoms with van der Waals surface area (Å²) in [6.45, 7) is 1.79. The average molecular weight is 263 g/mol. The predicted molar refractivity (Wildman–Crippen MR) is 78.6 cm³/mol. The molecule has 3 nitrogen and oxygen atoms in total. The molecule has 0 atom stereocenters. The highest BCUT2D eigenvalue weighted by atomic mass is 32.1. The Labute approximate surface area is 114 Å². The minimum Gasteiger partial charge on any atom is -0.392 e. The van der Waals surface area contributed by atoms with Gasteiger partial charge in [0.1, 0.15) is 0 Å². The molecule has 1 heterocycles. The van der Waals surface area contributed by atoms with E-state index >= 15 is 0 Å². The third-order valence-corrected chi connectivity index (χ3v) is 3.77. The first-order valence-electron chi connectivity index (χ1n) is 6.67. The number of aromatic nitrogens is 1. The van der Waals surface area contributed by atoms with Crippen LogP contribution in [0.3, 0.4) is 0 Å². The van der Waals surface area contributed by atoms with Crippen LogP contribution in [0.4, 0.5) is 0 Å². The molecule has 1 aliphatic rings. The molecule has 0 radical (unpaired) electrons. The minimum atomic E-state index is 0.608. The van der Waals surface area contributed by atoms with Crippen molar-refractivity contribution in [1.29, 1.82) is 0 Å². The van der Waals surface area contributed by atoms with E-state index < -0.39 is 0 Å². The van der Waals surface area contributed by atoms with Crippen LogP contribution in [0.15, 0.2) is 24.5 Å². The van der Waals surface area contributed by atoms with Crippen molar-refractivity contribution in [2.75, 3.05) is 13.1 Å². The van der Waals surface area contributed by atoms with Gasteiger partial charge in [-0.2, -0.15) is 0 Å². The van der Waals surface area contributed by atoms with E-state index in [4.69, 9.17) is 18.0 Å². The highest BCUT2D eigenvalue weighted by Gasteiger charge is 2.22. The Morgan fingerprint density at radius 2 is 2.00 bits per heavy atom. The number of thiocarbonyl (C=S) groups is 1. The Morgan fingerprint density at radius 3 is 2.61 bits per heavy atom. The van der Waals surface area contributed by atoms with Gasteiger partial charge in [0.05, 0.1) is 4.99 Å². The second-order valence-electron chi connectivity index (χ2n) is 4.98. The van der Waals surface area contributed by atoms with Crippen LogP contribution in [0.25, 0.3) is 0 Å². The number of hydrogen-bond acceptors (Lipinski definition) is 3. The summed E-state index contributed by atoms with van der Waals surface area (Å²) in [4.78, 5) is 7.11. The Morgan fingerprint density at radius 1 is 1.33 bits per heavy atom. The second-order valence-corrected chi connectivity index (χ2v) is 5.50. The zero-order chi connectivity index (χ0) is 12.8. The fraction of sp³-hybridized carbons (Fsp3) is 0.571. The van der Waals surface area contributed by atoms with Crippen molar-refractivity contribution in [3.05, 3.63) is 30.1 Å². The largest absolute Gasteiger partial charge is 0.392 e. The van der Waals surface area contributed by atoms with Gasteiger partial charge in [0, 0.05) is 31.5 Å². The van der Waals surface area contributed by atoms with Crippen LogP contribution in [0.5, 0.6) is 0 Å². The molecule has 98 valence electrons. The Balaban J connectivity index is 1.90. The first kappa shape index (κ1) is 13.4. The molecule has 0 saturated heterocycles. The monoisotopic (exact) mass is 263 g/mol. The van der Waals surface area contributed by atoms with E-state index in [1.54, 1.807) is 0 Å². The fourth-order valence-corrected chi connectivity index (χ4v) is 2.85. The maximum atomic E-state index is 5.71. The molecule has 0 spiro atoms. The van der Waals surface area contributed by atoms with Crippen LogP contribution < -0.4 is 5.73 Å². The number of nitrogens with zero attached hydrogens (tertiary/aromatic N) is 2. The number of pyridine rings is 1. The van der Waals surface area contributed by atoms with E-state index in [9.17, 15) is 0 Å². The third-order valence-electron chi connectivity index (χ3n) is 3.64. The van der Waals surface area contributed by atoms with Crippen molar-refractivity contribution in [1.82, 2.24) is 9.88 Å². The molecule has 1 aromatic heterocycles. The first-order chi connectivity index (χ1) is 8.75. The first-order valence-corrected chi connectivity index (χ1v) is 7.08. The lowest BCUT2D eigenvalue weighted by molar-refractivity contribution is 0.230. The van der Waals surface area contributed by atoms with E-state index in [0.29, 0.717) is 11.0 Å². The standard InChI is InChI=1S/C14H21N3S/c15-14(18)11-17(13-3-1-2-4-13)10-7-12-5-8-16-9-6-12/h5-6,8-9,13H,1-4,7,10-11H2,(H2,15,18). The molecule has 4 heteroatoms. The topological polar surface area (TPSA) is 42.1 Å². The maximum Gasteiger partial charge on any atom is 0.0870 e. The van der Waals surface area contributed by atoms with Crippen molar-refractivity contribution in [3.63, 3.8) is 0 Å². The van der Waals surface area contributed by atoms with Gasteiger partial charge < -0.3 is 5.73 Å². The summed E-state index contributed by atoms with van der Waals surface area (Å²) in [5.41, 5.74) is 7.04. The van der Waals surface area contributed by atoms with Gasteiger partial charge >= 0.3 is 0 Å². The van der Waals surface area contributed by atoms with E-state index in [1.807, 2.05) is 12.4 Å². The zero-order valence-corrected chi connectivity index (χ0v) is 11.5. The van der Waals surface area contributed by atoms with Crippen LogP contribution in [-0.4, -0.2) is 34.0 Å². The van der Waals surface area contributed by atoms with Gasteiger partial charge in [0.2, 0.25) is 0 Å². The van der Waals surface area contributed by atoms with Crippen molar-refractivity contribution >= 4 is 17.2 Å². The molecule has 0 unspecified atom stereocenters. The van der Waals surface area contributed by atoms with E-state index in [2.05, 4.69) is 22.0 Å². The van der Waals surface area contributed by atoms with Crippen LogP contribution in [0.2, 0.25) is 0 Å². The normalized spacial score (nSPS) is 16.3. The number of rotatable bonds is 6. The SMILES string of the molecule is NC(=S)CN(CCc1ccncc1)C1CCCC1. The summed E-state index contributed by atoms with van der Waals surface area (Å²) in [6, 6.07) is 4.83. The average Bonchev–Trinajstić information content (AvgIpc) is 2.89. The minimum absolute atomic E-state index is 0.608. The van der Waals surface area contributed by atoms with Gasteiger partial charge in [-0.25, -0.2) is 0 Å². The smallest absolute Gasteiger partial charge is 0.0870 e. The lowest BCUT2D eigenvalue weighted by atomic mass is 10.1. The lowest BCUT2D eigenvalue weighted by Crippen LogP contribution is -2.40. The Hall–Kier alpha value is -1.00. The molecule has 0 bridgehead atoms. The molecule has 0 amide bonds. The predicted octanol–water partition coefficient (Wildman–Crippen LogP) is 2.15. The summed E-state index contributed by atoms with van der Waals surface area (Å²) >= 11 is 5.06. The quantitative estimate of drug-likeness (QED) is 0.799. The molecule has 1 saturated carbocycles. The van der Waals surface area contributed by atoms with Gasteiger partial charge in [-0.15, -0.1) is 0 Å². The van der Waals surface area contributed by atoms with Gasteiger partial charge in [-0.3, -0.25) is 9.88 Å². The summed E-state index contributed by atoms with van der Waals surface area (Å²) in [5.74, 6) is 0. The summed E-state index contributed by atoms with van der Waals surface area (Å²) in [7, 11) is 0. The molecule has 2 rings (SSSR count). The molecule has 1 aromatic rings. The van der Waals surface area contributed by atoms with Gasteiger partial charge in [-0.05, 0) is 37.0 Å². The number of nitrogens with two attached hydrogens (primary N) is 1. The lowest BCUT2D eigenvalue weighted by Gasteiger charge is -2.28. The van der Waals surface area contributed by atoms with E-state index in [0.717, 1.165) is 19.5 Å². The van der Waals surface area contributed by atoms with E-state index in [-0.39, 0.29) is 0 Å². The maximum absolute atomic E-state index is 5.71. The van der Waals surface area contributed by atoms with Gasteiger partial charge in [0.25, 0.3) is 0 Å². The van der Waals surface area contributed by atoms with Crippen molar-refractivity contribution in [3.8, 4) is 0 Å². The second kappa shape index (κ2) is 6.81. The van der Waals surface area contributed by atoms with Crippen LogP contribution in [0, 0.1) is 0 Å². The molecule has 18 heavy (non-hydrogen) atoms.